The molecule has 0 bridgehead atoms. The summed E-state index contributed by atoms with van der Waals surface area (Å²) in [5, 5.41) is 14.5. The summed E-state index contributed by atoms with van der Waals surface area (Å²) in [7, 11) is -3.23. The number of benzene rings is 1. The van der Waals surface area contributed by atoms with Crippen molar-refractivity contribution in [3.63, 3.8) is 0 Å². The molecule has 0 aliphatic carbocycles. The van der Waals surface area contributed by atoms with Gasteiger partial charge >= 0.3 is 0 Å². The fraction of sp³-hybridized carbons (Fsp3) is 0.143. The van der Waals surface area contributed by atoms with E-state index in [4.69, 9.17) is 0 Å². The molecule has 25 heavy (non-hydrogen) atoms. The Morgan fingerprint density at radius 1 is 1.28 bits per heavy atom. The summed E-state index contributed by atoms with van der Waals surface area (Å²) < 4.78 is 26.7. The van der Waals surface area contributed by atoms with Gasteiger partial charge in [-0.1, -0.05) is 6.07 Å². The molecule has 11 heteroatoms. The quantitative estimate of drug-likeness (QED) is 0.500. The van der Waals surface area contributed by atoms with Gasteiger partial charge < -0.3 is 0 Å². The summed E-state index contributed by atoms with van der Waals surface area (Å²) in [6, 6.07) is 8.98. The molecule has 0 saturated carbocycles. The van der Waals surface area contributed by atoms with Crippen molar-refractivity contribution in [3.05, 3.63) is 40.6 Å². The maximum atomic E-state index is 11.7. The molecule has 0 saturated heterocycles. The van der Waals surface area contributed by atoms with E-state index in [-0.39, 0.29) is 0 Å². The van der Waals surface area contributed by atoms with E-state index in [9.17, 15) is 8.42 Å². The van der Waals surface area contributed by atoms with Crippen molar-refractivity contribution in [1.29, 1.82) is 0 Å². The lowest BCUT2D eigenvalue weighted by Gasteiger charge is -2.00. The molecule has 0 atom stereocenters. The van der Waals surface area contributed by atoms with Crippen LogP contribution in [0.15, 0.2) is 50.1 Å². The molecule has 128 valence electrons. The lowest BCUT2D eigenvalue weighted by molar-refractivity contribution is 0.602. The van der Waals surface area contributed by atoms with Gasteiger partial charge in [0.1, 0.15) is 0 Å². The Kier molecular flexibility index (Phi) is 4.31. The van der Waals surface area contributed by atoms with Gasteiger partial charge in [0.15, 0.2) is 14.2 Å². The highest BCUT2D eigenvalue weighted by molar-refractivity contribution is 8.01. The van der Waals surface area contributed by atoms with Crippen molar-refractivity contribution in [2.75, 3.05) is 6.26 Å². The molecule has 0 fully saturated rings. The van der Waals surface area contributed by atoms with Crippen LogP contribution in [0, 0.1) is 0 Å². The summed E-state index contributed by atoms with van der Waals surface area (Å²) in [6.45, 7) is 0.607. The predicted octanol–water partition coefficient (Wildman–Crippen LogP) is 2.95. The molecule has 4 aromatic rings. The van der Waals surface area contributed by atoms with Crippen LogP contribution < -0.4 is 0 Å². The smallest absolute Gasteiger partial charge is 0.216 e. The third-order valence-corrected chi connectivity index (χ3v) is 7.36. The van der Waals surface area contributed by atoms with E-state index < -0.39 is 9.84 Å². The van der Waals surface area contributed by atoms with E-state index in [1.807, 2.05) is 17.5 Å². The molecule has 4 rings (SSSR count). The van der Waals surface area contributed by atoms with E-state index in [1.54, 1.807) is 34.2 Å². The molecule has 1 aromatic carbocycles. The number of fused-ring (bicyclic) bond motifs is 1. The highest BCUT2D eigenvalue weighted by Crippen LogP contribution is 2.34. The van der Waals surface area contributed by atoms with Gasteiger partial charge in [0.2, 0.25) is 5.16 Å². The van der Waals surface area contributed by atoms with Gasteiger partial charge in [0.25, 0.3) is 0 Å². The number of thiazole rings is 1. The first-order valence-corrected chi connectivity index (χ1v) is 11.5. The summed E-state index contributed by atoms with van der Waals surface area (Å²) in [5.74, 6) is 0. The molecule has 7 nitrogen and oxygen atoms in total. The second-order valence-electron chi connectivity index (χ2n) is 5.18. The summed E-state index contributed by atoms with van der Waals surface area (Å²) in [4.78, 5) is 5.99. The van der Waals surface area contributed by atoms with Crippen molar-refractivity contribution < 1.29 is 8.42 Å². The van der Waals surface area contributed by atoms with Crippen LogP contribution in [-0.4, -0.2) is 39.9 Å². The van der Waals surface area contributed by atoms with E-state index in [2.05, 4.69) is 20.5 Å². The van der Waals surface area contributed by atoms with Crippen molar-refractivity contribution in [1.82, 2.24) is 25.2 Å². The van der Waals surface area contributed by atoms with Crippen LogP contribution in [0.3, 0.4) is 0 Å². The third kappa shape index (κ3) is 3.59. The molecule has 0 spiro atoms. The summed E-state index contributed by atoms with van der Waals surface area (Å²) in [5.41, 5.74) is 0.761. The van der Waals surface area contributed by atoms with Crippen LogP contribution in [0.2, 0.25) is 0 Å². The number of hydrogen-bond donors (Lipinski definition) is 0. The van der Waals surface area contributed by atoms with Gasteiger partial charge in [-0.05, 0) is 51.8 Å². The fourth-order valence-electron chi connectivity index (χ4n) is 2.16. The number of thiophene rings is 1. The lowest BCUT2D eigenvalue weighted by atomic mass is 10.3. The summed E-state index contributed by atoms with van der Waals surface area (Å²) >= 11 is 4.44. The second kappa shape index (κ2) is 6.48. The van der Waals surface area contributed by atoms with Crippen molar-refractivity contribution in [2.24, 2.45) is 0 Å². The molecule has 0 aliphatic heterocycles. The van der Waals surface area contributed by atoms with Crippen molar-refractivity contribution in [3.8, 4) is 0 Å². The average Bonchev–Trinajstić information content (AvgIpc) is 3.28. The summed E-state index contributed by atoms with van der Waals surface area (Å²) in [6.07, 6.45) is 1.20. The minimum atomic E-state index is -3.23. The molecular weight excluding hydrogens is 398 g/mol. The maximum absolute atomic E-state index is 11.7. The Morgan fingerprint density at radius 3 is 2.92 bits per heavy atom. The van der Waals surface area contributed by atoms with Gasteiger partial charge in [-0.25, -0.2) is 18.1 Å². The largest absolute Gasteiger partial charge is 0.229 e. The molecule has 3 aromatic heterocycles. The second-order valence-corrected chi connectivity index (χ2v) is 10.5. The van der Waals surface area contributed by atoms with Crippen LogP contribution in [0.4, 0.5) is 0 Å². The number of nitrogens with zero attached hydrogens (tertiary/aromatic N) is 5. The number of rotatable bonds is 5. The van der Waals surface area contributed by atoms with Crippen LogP contribution in [0.5, 0.6) is 0 Å². The van der Waals surface area contributed by atoms with Gasteiger partial charge in [-0.15, -0.1) is 27.8 Å². The minimum absolute atomic E-state index is 0.294. The number of aromatic nitrogens is 5. The average molecular weight is 410 g/mol. The Hall–Kier alpha value is -1.82. The highest BCUT2D eigenvalue weighted by atomic mass is 32.2. The first-order chi connectivity index (χ1) is 12.0. The standard InChI is InChI=1S/C14H11N5O2S4/c1-25(20,21)10-4-5-11-12(7-10)23-14(15-11)24-13-16-17-18-19(13)8-9-3-2-6-22-9/h2-7H,8H2,1H3. The van der Waals surface area contributed by atoms with Gasteiger partial charge in [0, 0.05) is 11.1 Å². The SMILES string of the molecule is CS(=O)(=O)c1ccc2nc(Sc3nnnn3Cc3cccs3)sc2c1. The molecular formula is C14H11N5O2S4. The molecule has 0 unspecified atom stereocenters. The van der Waals surface area contributed by atoms with Gasteiger partial charge in [-0.2, -0.15) is 0 Å². The van der Waals surface area contributed by atoms with Crippen LogP contribution in [0.1, 0.15) is 4.88 Å². The predicted molar refractivity (Wildman–Crippen MR) is 98.1 cm³/mol. The minimum Gasteiger partial charge on any atom is -0.229 e. The van der Waals surface area contributed by atoms with Gasteiger partial charge in [0.05, 0.1) is 21.7 Å². The van der Waals surface area contributed by atoms with E-state index in [0.29, 0.717) is 16.6 Å². The van der Waals surface area contributed by atoms with E-state index >= 15 is 0 Å². The van der Waals surface area contributed by atoms with E-state index in [1.165, 1.54) is 29.4 Å². The molecule has 3 heterocycles. The Labute approximate surface area is 155 Å². The van der Waals surface area contributed by atoms with Crippen molar-refractivity contribution in [2.45, 2.75) is 20.9 Å². The lowest BCUT2D eigenvalue weighted by Crippen LogP contribution is -2.02. The third-order valence-electron chi connectivity index (χ3n) is 3.33. The number of sulfone groups is 1. The van der Waals surface area contributed by atoms with Gasteiger partial charge in [-0.3, -0.25) is 0 Å². The fourth-order valence-corrected chi connectivity index (χ4v) is 5.54. The normalized spacial score (nSPS) is 12.0. The van der Waals surface area contributed by atoms with Crippen LogP contribution in [0.25, 0.3) is 10.2 Å². The first kappa shape index (κ1) is 16.6. The van der Waals surface area contributed by atoms with Crippen molar-refractivity contribution >= 4 is 54.5 Å². The Morgan fingerprint density at radius 2 is 2.16 bits per heavy atom. The monoisotopic (exact) mass is 409 g/mol. The topological polar surface area (TPSA) is 90.6 Å². The molecule has 0 N–H and O–H groups in total. The van der Waals surface area contributed by atoms with Crippen LogP contribution >= 0.6 is 34.4 Å². The number of hydrogen-bond acceptors (Lipinski definition) is 9. The zero-order valence-electron chi connectivity index (χ0n) is 12.9. The van der Waals surface area contributed by atoms with Crippen LogP contribution in [-0.2, 0) is 16.4 Å². The highest BCUT2D eigenvalue weighted by Gasteiger charge is 2.14. The Balaban J connectivity index is 1.62. The molecule has 0 amide bonds. The van der Waals surface area contributed by atoms with E-state index in [0.717, 1.165) is 19.4 Å². The molecule has 0 aliphatic rings. The first-order valence-electron chi connectivity index (χ1n) is 7.06. The maximum Gasteiger partial charge on any atom is 0.216 e. The number of tetrazole rings is 1. The molecule has 0 radical (unpaired) electrons. The Bertz CT molecular complexity index is 1130. The zero-order valence-corrected chi connectivity index (χ0v) is 16.1. The zero-order chi connectivity index (χ0) is 17.4.